The Kier molecular flexibility index (Phi) is 6.58. The Hall–Kier alpha value is -2.05. The molecule has 0 atom stereocenters. The van der Waals surface area contributed by atoms with Crippen LogP contribution in [0.4, 0.5) is 13.2 Å². The summed E-state index contributed by atoms with van der Waals surface area (Å²) >= 11 is 12.0. The van der Waals surface area contributed by atoms with Crippen molar-refractivity contribution in [1.82, 2.24) is 9.80 Å². The van der Waals surface area contributed by atoms with Crippen LogP contribution < -0.4 is 0 Å². The van der Waals surface area contributed by atoms with Gasteiger partial charge in [0, 0.05) is 36.2 Å². The molecule has 3 aromatic carbocycles. The van der Waals surface area contributed by atoms with Gasteiger partial charge in [0.05, 0.1) is 11.7 Å². The number of halogens is 5. The summed E-state index contributed by atoms with van der Waals surface area (Å²) in [6.45, 7) is 2.73. The molecule has 4 rings (SSSR count). The second-order valence-electron chi connectivity index (χ2n) is 7.69. The molecule has 0 amide bonds. The summed E-state index contributed by atoms with van der Waals surface area (Å²) in [4.78, 5) is 4.41. The zero-order valence-electron chi connectivity index (χ0n) is 16.6. The largest absolute Gasteiger partial charge is 0.416 e. The van der Waals surface area contributed by atoms with Gasteiger partial charge in [-0.15, -0.1) is 0 Å². The van der Waals surface area contributed by atoms with E-state index in [4.69, 9.17) is 23.2 Å². The predicted octanol–water partition coefficient (Wildman–Crippen LogP) is 7.03. The minimum Gasteiger partial charge on any atom is -0.279 e. The average Bonchev–Trinajstić information content (AvgIpc) is 3.13. The third-order valence-corrected chi connectivity index (χ3v) is 5.98. The van der Waals surface area contributed by atoms with E-state index in [1.54, 1.807) is 6.07 Å². The minimum atomic E-state index is -4.38. The Labute approximate surface area is 189 Å². The summed E-state index contributed by atoms with van der Waals surface area (Å²) in [5.41, 5.74) is 2.13. The van der Waals surface area contributed by atoms with Gasteiger partial charge in [0.15, 0.2) is 0 Å². The first-order valence-electron chi connectivity index (χ1n) is 9.94. The van der Waals surface area contributed by atoms with E-state index in [1.165, 1.54) is 12.1 Å². The number of rotatable bonds is 5. The van der Waals surface area contributed by atoms with Crippen LogP contribution in [0.15, 0.2) is 72.8 Å². The summed E-state index contributed by atoms with van der Waals surface area (Å²) in [5, 5.41) is 1.31. The zero-order chi connectivity index (χ0) is 22.0. The van der Waals surface area contributed by atoms with Crippen molar-refractivity contribution in [2.75, 3.05) is 13.1 Å². The highest BCUT2D eigenvalue weighted by atomic mass is 35.5. The average molecular weight is 465 g/mol. The summed E-state index contributed by atoms with van der Waals surface area (Å²) in [7, 11) is 0. The van der Waals surface area contributed by atoms with Crippen LogP contribution in [0.3, 0.4) is 0 Å². The molecule has 1 saturated heterocycles. The fraction of sp³-hybridized carbons (Fsp3) is 0.250. The number of benzene rings is 3. The van der Waals surface area contributed by atoms with Crippen molar-refractivity contribution in [3.63, 3.8) is 0 Å². The Morgan fingerprint density at radius 3 is 1.68 bits per heavy atom. The van der Waals surface area contributed by atoms with Crippen molar-refractivity contribution in [3.05, 3.63) is 105 Å². The van der Waals surface area contributed by atoms with E-state index in [-0.39, 0.29) is 6.17 Å². The smallest absolute Gasteiger partial charge is 0.279 e. The molecule has 2 nitrogen and oxygen atoms in total. The molecule has 0 aromatic heterocycles. The maximum absolute atomic E-state index is 13.4. The molecule has 0 N–H and O–H groups in total. The van der Waals surface area contributed by atoms with Crippen LogP contribution in [-0.2, 0) is 19.3 Å². The second-order valence-corrected chi connectivity index (χ2v) is 8.56. The van der Waals surface area contributed by atoms with Gasteiger partial charge in [0.25, 0.3) is 0 Å². The van der Waals surface area contributed by atoms with Crippen molar-refractivity contribution < 1.29 is 13.2 Å². The van der Waals surface area contributed by atoms with Crippen LogP contribution in [0.1, 0.15) is 28.4 Å². The van der Waals surface area contributed by atoms with Crippen LogP contribution in [0.5, 0.6) is 0 Å². The van der Waals surface area contributed by atoms with Crippen molar-refractivity contribution in [2.24, 2.45) is 0 Å². The van der Waals surface area contributed by atoms with Gasteiger partial charge in [-0.2, -0.15) is 13.2 Å². The third kappa shape index (κ3) is 5.42. The standard InChI is InChI=1S/C24H21Cl2F3N2/c25-21-8-4-17(5-9-21)15-30-12-13-31(16-18-6-10-22(26)11-7-18)23(30)19-2-1-3-20(14-19)24(27,28)29/h1-11,14,23H,12-13,15-16H2. The molecule has 1 aliphatic heterocycles. The first kappa shape index (κ1) is 22.2. The molecule has 1 heterocycles. The van der Waals surface area contributed by atoms with E-state index in [0.717, 1.165) is 30.3 Å². The van der Waals surface area contributed by atoms with Gasteiger partial charge in [-0.3, -0.25) is 9.80 Å². The SMILES string of the molecule is FC(F)(F)c1cccc(C2N(Cc3ccc(Cl)cc3)CCN2Cc2ccc(Cl)cc2)c1. The Morgan fingerprint density at radius 2 is 1.23 bits per heavy atom. The highest BCUT2D eigenvalue weighted by Crippen LogP contribution is 2.36. The highest BCUT2D eigenvalue weighted by molar-refractivity contribution is 6.30. The van der Waals surface area contributed by atoms with Crippen LogP contribution in [0, 0.1) is 0 Å². The summed E-state index contributed by atoms with van der Waals surface area (Å²) in [6.07, 6.45) is -4.65. The van der Waals surface area contributed by atoms with Gasteiger partial charge in [-0.1, -0.05) is 59.6 Å². The molecular formula is C24H21Cl2F3N2. The van der Waals surface area contributed by atoms with Gasteiger partial charge in [0.2, 0.25) is 0 Å². The van der Waals surface area contributed by atoms with Crippen LogP contribution in [0.2, 0.25) is 10.0 Å². The lowest BCUT2D eigenvalue weighted by Crippen LogP contribution is -2.30. The molecule has 0 unspecified atom stereocenters. The lowest BCUT2D eigenvalue weighted by Gasteiger charge is -2.31. The molecule has 1 aliphatic rings. The van der Waals surface area contributed by atoms with E-state index in [0.29, 0.717) is 28.7 Å². The lowest BCUT2D eigenvalue weighted by molar-refractivity contribution is -0.137. The molecule has 0 aliphatic carbocycles. The molecule has 3 aromatic rings. The van der Waals surface area contributed by atoms with E-state index in [2.05, 4.69) is 9.80 Å². The topological polar surface area (TPSA) is 6.48 Å². The van der Waals surface area contributed by atoms with Gasteiger partial charge in [-0.25, -0.2) is 0 Å². The van der Waals surface area contributed by atoms with Crippen LogP contribution in [-0.4, -0.2) is 22.9 Å². The van der Waals surface area contributed by atoms with Crippen molar-refractivity contribution in [3.8, 4) is 0 Å². The first-order chi connectivity index (χ1) is 14.8. The zero-order valence-corrected chi connectivity index (χ0v) is 18.1. The molecule has 162 valence electrons. The molecule has 0 saturated carbocycles. The fourth-order valence-electron chi connectivity index (χ4n) is 4.01. The lowest BCUT2D eigenvalue weighted by atomic mass is 10.1. The number of alkyl halides is 3. The van der Waals surface area contributed by atoms with Crippen molar-refractivity contribution >= 4 is 23.2 Å². The third-order valence-electron chi connectivity index (χ3n) is 5.48. The van der Waals surface area contributed by atoms with Gasteiger partial charge < -0.3 is 0 Å². The molecule has 1 fully saturated rings. The molecule has 0 radical (unpaired) electrons. The first-order valence-corrected chi connectivity index (χ1v) is 10.7. The maximum atomic E-state index is 13.4. The van der Waals surface area contributed by atoms with E-state index in [1.807, 2.05) is 48.5 Å². The van der Waals surface area contributed by atoms with E-state index >= 15 is 0 Å². The van der Waals surface area contributed by atoms with E-state index in [9.17, 15) is 13.2 Å². The Balaban J connectivity index is 1.65. The summed E-state index contributed by atoms with van der Waals surface area (Å²) in [5.74, 6) is 0. The quantitative estimate of drug-likeness (QED) is 0.399. The fourth-order valence-corrected chi connectivity index (χ4v) is 4.26. The van der Waals surface area contributed by atoms with Gasteiger partial charge in [0.1, 0.15) is 0 Å². The summed E-state index contributed by atoms with van der Waals surface area (Å²) in [6, 6.07) is 20.8. The van der Waals surface area contributed by atoms with Crippen LogP contribution in [0.25, 0.3) is 0 Å². The minimum absolute atomic E-state index is 0.270. The van der Waals surface area contributed by atoms with Crippen molar-refractivity contribution in [2.45, 2.75) is 25.4 Å². The second kappa shape index (κ2) is 9.21. The Morgan fingerprint density at radius 1 is 0.742 bits per heavy atom. The Bertz CT molecular complexity index is 965. The normalized spacial score (nSPS) is 16.2. The monoisotopic (exact) mass is 464 g/mol. The molecule has 7 heteroatoms. The molecule has 0 spiro atoms. The molecule has 0 bridgehead atoms. The van der Waals surface area contributed by atoms with E-state index < -0.39 is 11.7 Å². The molecular weight excluding hydrogens is 444 g/mol. The van der Waals surface area contributed by atoms with Crippen LogP contribution >= 0.6 is 23.2 Å². The highest BCUT2D eigenvalue weighted by Gasteiger charge is 2.36. The number of hydrogen-bond acceptors (Lipinski definition) is 2. The number of hydrogen-bond donors (Lipinski definition) is 0. The number of nitrogens with zero attached hydrogens (tertiary/aromatic N) is 2. The summed E-state index contributed by atoms with van der Waals surface area (Å²) < 4.78 is 40.1. The van der Waals surface area contributed by atoms with Gasteiger partial charge in [-0.05, 0) is 53.1 Å². The maximum Gasteiger partial charge on any atom is 0.416 e. The van der Waals surface area contributed by atoms with Gasteiger partial charge >= 0.3 is 6.18 Å². The molecule has 31 heavy (non-hydrogen) atoms. The van der Waals surface area contributed by atoms with Crippen molar-refractivity contribution in [1.29, 1.82) is 0 Å². The predicted molar refractivity (Wildman–Crippen MR) is 118 cm³/mol.